The number of hydrogen-bond donors (Lipinski definition) is 1. The number of nitrogens with one attached hydrogen (secondary N) is 1. The molecular weight excluding hydrogens is 242 g/mol. The molecular formula is C14H23N3O2. The van der Waals surface area contributed by atoms with Gasteiger partial charge in [-0.3, -0.25) is 14.5 Å². The highest BCUT2D eigenvalue weighted by atomic mass is 16.2. The molecule has 0 aromatic carbocycles. The van der Waals surface area contributed by atoms with Gasteiger partial charge in [0.1, 0.15) is 6.04 Å². The minimum atomic E-state index is -0.337. The number of hydrogen-bond acceptors (Lipinski definition) is 3. The summed E-state index contributed by atoms with van der Waals surface area (Å²) in [5.74, 6) is 0.251. The second-order valence-electron chi connectivity index (χ2n) is 6.42. The van der Waals surface area contributed by atoms with E-state index in [2.05, 4.69) is 10.2 Å². The van der Waals surface area contributed by atoms with Crippen LogP contribution in [-0.2, 0) is 9.59 Å². The number of piperazine rings is 1. The van der Waals surface area contributed by atoms with Crippen molar-refractivity contribution in [2.45, 2.75) is 51.2 Å². The molecule has 106 valence electrons. The van der Waals surface area contributed by atoms with E-state index in [1.54, 1.807) is 0 Å². The molecule has 0 aromatic heterocycles. The normalized spacial score (nSPS) is 33.1. The van der Waals surface area contributed by atoms with Crippen molar-refractivity contribution in [2.75, 3.05) is 19.6 Å². The number of rotatable bonds is 3. The van der Waals surface area contributed by atoms with Crippen molar-refractivity contribution in [3.8, 4) is 0 Å². The van der Waals surface area contributed by atoms with E-state index in [9.17, 15) is 9.59 Å². The predicted octanol–water partition coefficient (Wildman–Crippen LogP) is 0.206. The van der Waals surface area contributed by atoms with Crippen LogP contribution in [0.3, 0.4) is 0 Å². The zero-order valence-corrected chi connectivity index (χ0v) is 11.8. The first-order valence-corrected chi connectivity index (χ1v) is 7.40. The molecule has 2 saturated heterocycles. The molecule has 1 saturated carbocycles. The molecule has 3 rings (SSSR count). The van der Waals surface area contributed by atoms with Gasteiger partial charge in [-0.25, -0.2) is 0 Å². The maximum Gasteiger partial charge on any atom is 0.246 e. The van der Waals surface area contributed by atoms with Gasteiger partial charge >= 0.3 is 0 Å². The topological polar surface area (TPSA) is 52.7 Å². The van der Waals surface area contributed by atoms with Crippen LogP contribution in [0.1, 0.15) is 33.1 Å². The molecule has 2 heterocycles. The SMILES string of the molecule is CC(C)C1NC(=O)CN(C2CCN(C3CC3)C2)C1=O. The Hall–Kier alpha value is -1.10. The van der Waals surface area contributed by atoms with Gasteiger partial charge in [0.15, 0.2) is 0 Å². The summed E-state index contributed by atoms with van der Waals surface area (Å²) in [7, 11) is 0. The van der Waals surface area contributed by atoms with Crippen LogP contribution >= 0.6 is 0 Å². The van der Waals surface area contributed by atoms with Gasteiger partial charge in [-0.2, -0.15) is 0 Å². The monoisotopic (exact) mass is 265 g/mol. The van der Waals surface area contributed by atoms with Gasteiger partial charge in [0.25, 0.3) is 0 Å². The van der Waals surface area contributed by atoms with E-state index in [4.69, 9.17) is 0 Å². The van der Waals surface area contributed by atoms with Crippen molar-refractivity contribution in [3.63, 3.8) is 0 Å². The summed E-state index contributed by atoms with van der Waals surface area (Å²) in [5, 5.41) is 2.82. The quantitative estimate of drug-likeness (QED) is 0.793. The molecule has 0 aromatic rings. The van der Waals surface area contributed by atoms with Crippen LogP contribution < -0.4 is 5.32 Å². The van der Waals surface area contributed by atoms with E-state index < -0.39 is 0 Å². The molecule has 1 N–H and O–H groups in total. The van der Waals surface area contributed by atoms with Gasteiger partial charge in [0.05, 0.1) is 6.54 Å². The Balaban J connectivity index is 1.68. The third-order valence-electron chi connectivity index (χ3n) is 4.55. The molecule has 1 aliphatic carbocycles. The van der Waals surface area contributed by atoms with Gasteiger partial charge in [-0.1, -0.05) is 13.8 Å². The van der Waals surface area contributed by atoms with Crippen molar-refractivity contribution >= 4 is 11.8 Å². The number of amides is 2. The molecule has 19 heavy (non-hydrogen) atoms. The zero-order valence-electron chi connectivity index (χ0n) is 11.8. The molecule has 0 bridgehead atoms. The Morgan fingerprint density at radius 3 is 2.53 bits per heavy atom. The molecule has 0 radical (unpaired) electrons. The van der Waals surface area contributed by atoms with Gasteiger partial charge in [0.2, 0.25) is 11.8 Å². The Bertz CT molecular complexity index is 392. The van der Waals surface area contributed by atoms with E-state index >= 15 is 0 Å². The third-order valence-corrected chi connectivity index (χ3v) is 4.55. The standard InChI is InChI=1S/C14H23N3O2/c1-9(2)13-14(19)17(8-12(18)15-13)11-5-6-16(7-11)10-3-4-10/h9-11,13H,3-8H2,1-2H3,(H,15,18). The first-order chi connectivity index (χ1) is 9.06. The third kappa shape index (κ3) is 2.48. The molecule has 3 aliphatic rings. The molecule has 0 spiro atoms. The summed E-state index contributed by atoms with van der Waals surface area (Å²) in [6, 6.07) is 0.649. The average molecular weight is 265 g/mol. The molecule has 2 unspecified atom stereocenters. The molecule has 5 heteroatoms. The predicted molar refractivity (Wildman–Crippen MR) is 71.5 cm³/mol. The first kappa shape index (κ1) is 12.9. The summed E-state index contributed by atoms with van der Waals surface area (Å²) in [6.07, 6.45) is 3.62. The van der Waals surface area contributed by atoms with Gasteiger partial charge in [0, 0.05) is 25.2 Å². The van der Waals surface area contributed by atoms with Gasteiger partial charge in [-0.05, 0) is 25.2 Å². The van der Waals surface area contributed by atoms with E-state index in [1.807, 2.05) is 18.7 Å². The molecule has 5 nitrogen and oxygen atoms in total. The maximum atomic E-state index is 12.5. The lowest BCUT2D eigenvalue weighted by atomic mass is 9.99. The first-order valence-electron chi connectivity index (χ1n) is 7.40. The molecule has 2 atom stereocenters. The highest BCUT2D eigenvalue weighted by Gasteiger charge is 2.42. The van der Waals surface area contributed by atoms with Crippen LogP contribution in [0.4, 0.5) is 0 Å². The van der Waals surface area contributed by atoms with Crippen LogP contribution in [-0.4, -0.2) is 59.4 Å². The number of carbonyl (C=O) groups is 2. The Morgan fingerprint density at radius 1 is 1.16 bits per heavy atom. The highest BCUT2D eigenvalue weighted by molar-refractivity contribution is 5.95. The second kappa shape index (κ2) is 4.78. The lowest BCUT2D eigenvalue weighted by Crippen LogP contribution is -2.62. The number of likely N-dealkylation sites (tertiary alicyclic amines) is 1. The van der Waals surface area contributed by atoms with Crippen LogP contribution in [0, 0.1) is 5.92 Å². The fraction of sp³-hybridized carbons (Fsp3) is 0.857. The van der Waals surface area contributed by atoms with E-state index in [-0.39, 0.29) is 36.4 Å². The van der Waals surface area contributed by atoms with Crippen molar-refractivity contribution < 1.29 is 9.59 Å². The smallest absolute Gasteiger partial charge is 0.246 e. The summed E-state index contributed by atoms with van der Waals surface area (Å²) >= 11 is 0. The van der Waals surface area contributed by atoms with Crippen molar-refractivity contribution in [2.24, 2.45) is 5.92 Å². The van der Waals surface area contributed by atoms with Gasteiger partial charge in [-0.15, -0.1) is 0 Å². The van der Waals surface area contributed by atoms with Crippen molar-refractivity contribution in [1.29, 1.82) is 0 Å². The lowest BCUT2D eigenvalue weighted by molar-refractivity contribution is -0.147. The van der Waals surface area contributed by atoms with E-state index in [0.717, 1.165) is 25.6 Å². The number of carbonyl (C=O) groups excluding carboxylic acids is 2. The summed E-state index contributed by atoms with van der Waals surface area (Å²) in [4.78, 5) is 28.6. The van der Waals surface area contributed by atoms with Crippen LogP contribution in [0.2, 0.25) is 0 Å². The van der Waals surface area contributed by atoms with E-state index in [1.165, 1.54) is 12.8 Å². The van der Waals surface area contributed by atoms with Crippen molar-refractivity contribution in [3.05, 3.63) is 0 Å². The highest BCUT2D eigenvalue weighted by Crippen LogP contribution is 2.31. The molecule has 2 aliphatic heterocycles. The van der Waals surface area contributed by atoms with Crippen LogP contribution in [0.25, 0.3) is 0 Å². The zero-order chi connectivity index (χ0) is 13.6. The Morgan fingerprint density at radius 2 is 1.89 bits per heavy atom. The molecule has 2 amide bonds. The van der Waals surface area contributed by atoms with Crippen LogP contribution in [0.5, 0.6) is 0 Å². The van der Waals surface area contributed by atoms with Gasteiger partial charge < -0.3 is 10.2 Å². The van der Waals surface area contributed by atoms with Crippen molar-refractivity contribution in [1.82, 2.24) is 15.1 Å². The largest absolute Gasteiger partial charge is 0.343 e. The average Bonchev–Trinajstić information content (AvgIpc) is 3.10. The van der Waals surface area contributed by atoms with Crippen LogP contribution in [0.15, 0.2) is 0 Å². The summed E-state index contributed by atoms with van der Waals surface area (Å²) in [6.45, 7) is 6.24. The Labute approximate surface area is 114 Å². The Kier molecular flexibility index (Phi) is 3.25. The van der Waals surface area contributed by atoms with E-state index in [0.29, 0.717) is 0 Å². The summed E-state index contributed by atoms with van der Waals surface area (Å²) in [5.41, 5.74) is 0. The fourth-order valence-corrected chi connectivity index (χ4v) is 3.25. The second-order valence-corrected chi connectivity index (χ2v) is 6.42. The summed E-state index contributed by atoms with van der Waals surface area (Å²) < 4.78 is 0. The fourth-order valence-electron chi connectivity index (χ4n) is 3.25. The number of nitrogens with zero attached hydrogens (tertiary/aromatic N) is 2. The molecule has 3 fully saturated rings. The lowest BCUT2D eigenvalue weighted by Gasteiger charge is -2.37. The maximum absolute atomic E-state index is 12.5. The minimum absolute atomic E-state index is 0.0110. The minimum Gasteiger partial charge on any atom is -0.343 e.